The fourth-order valence-corrected chi connectivity index (χ4v) is 2.21. The topological polar surface area (TPSA) is 71.6 Å². The number of likely N-dealkylation sites (N-methyl/N-ethyl adjacent to an activating group) is 1. The molecule has 3 rings (SSSR count). The van der Waals surface area contributed by atoms with Crippen LogP contribution in [0.2, 0.25) is 0 Å². The van der Waals surface area contributed by atoms with Crippen LogP contribution in [0.15, 0.2) is 53.8 Å². The van der Waals surface area contributed by atoms with Crippen LogP contribution in [0.25, 0.3) is 11.1 Å². The fourth-order valence-electron chi connectivity index (χ4n) is 2.21. The Bertz CT molecular complexity index is 681. The average Bonchev–Trinajstić information content (AvgIpc) is 2.76. The second kappa shape index (κ2) is 4.77. The molecule has 1 aliphatic heterocycles. The van der Waals surface area contributed by atoms with Gasteiger partial charge in [0.1, 0.15) is 0 Å². The van der Waals surface area contributed by atoms with Crippen LogP contribution in [-0.2, 0) is 4.79 Å². The van der Waals surface area contributed by atoms with Crippen LogP contribution in [0.4, 0.5) is 0 Å². The van der Waals surface area contributed by atoms with Crippen molar-refractivity contribution in [1.29, 1.82) is 0 Å². The quantitative estimate of drug-likeness (QED) is 0.897. The molecule has 1 aromatic carbocycles. The molecule has 100 valence electrons. The zero-order chi connectivity index (χ0) is 14.1. The third-order valence-corrected chi connectivity index (χ3v) is 3.37. The maximum atomic E-state index is 12.1. The molecule has 0 fully saturated rings. The minimum atomic E-state index is -0.545. The van der Waals surface area contributed by atoms with Gasteiger partial charge in [-0.05, 0) is 28.8 Å². The number of aromatic nitrogens is 1. The molecule has 0 spiro atoms. The predicted molar refractivity (Wildman–Crippen MR) is 76.8 cm³/mol. The Morgan fingerprint density at radius 3 is 2.65 bits per heavy atom. The zero-order valence-corrected chi connectivity index (χ0v) is 11.0. The monoisotopic (exact) mass is 266 g/mol. The lowest BCUT2D eigenvalue weighted by Gasteiger charge is -2.11. The number of aliphatic imine (C=N–C) groups is 1. The van der Waals surface area contributed by atoms with Gasteiger partial charge in [0.25, 0.3) is 5.91 Å². The summed E-state index contributed by atoms with van der Waals surface area (Å²) in [7, 11) is 1.63. The molecule has 1 atom stereocenters. The van der Waals surface area contributed by atoms with E-state index < -0.39 is 6.04 Å². The van der Waals surface area contributed by atoms with Gasteiger partial charge in [0, 0.05) is 19.4 Å². The minimum absolute atomic E-state index is 0.106. The van der Waals surface area contributed by atoms with Crippen LogP contribution < -0.4 is 5.73 Å². The summed E-state index contributed by atoms with van der Waals surface area (Å²) in [6.45, 7) is 0. The van der Waals surface area contributed by atoms with E-state index in [0.717, 1.165) is 16.7 Å². The fraction of sp³-hybridized carbons (Fsp3) is 0.133. The largest absolute Gasteiger partial charge is 0.369 e. The highest BCUT2D eigenvalue weighted by atomic mass is 16.2. The van der Waals surface area contributed by atoms with Gasteiger partial charge in [0.2, 0.25) is 0 Å². The smallest absolute Gasteiger partial charge is 0.258 e. The van der Waals surface area contributed by atoms with Crippen LogP contribution in [0.3, 0.4) is 0 Å². The predicted octanol–water partition coefficient (Wildman–Crippen LogP) is 1.58. The van der Waals surface area contributed by atoms with Crippen LogP contribution >= 0.6 is 0 Å². The van der Waals surface area contributed by atoms with E-state index in [1.54, 1.807) is 19.4 Å². The highest BCUT2D eigenvalue weighted by Crippen LogP contribution is 2.28. The van der Waals surface area contributed by atoms with Crippen molar-refractivity contribution in [2.24, 2.45) is 10.7 Å². The van der Waals surface area contributed by atoms with Crippen molar-refractivity contribution in [3.63, 3.8) is 0 Å². The lowest BCUT2D eigenvalue weighted by molar-refractivity contribution is -0.126. The van der Waals surface area contributed by atoms with Gasteiger partial charge >= 0.3 is 0 Å². The first-order valence-corrected chi connectivity index (χ1v) is 6.28. The highest BCUT2D eigenvalue weighted by Gasteiger charge is 2.31. The summed E-state index contributed by atoms with van der Waals surface area (Å²) in [6.07, 6.45) is 3.52. The first-order valence-electron chi connectivity index (χ1n) is 6.28. The minimum Gasteiger partial charge on any atom is -0.369 e. The molecule has 1 amide bonds. The molecule has 1 unspecified atom stereocenters. The number of pyridine rings is 1. The second-order valence-corrected chi connectivity index (χ2v) is 4.65. The molecule has 2 aromatic rings. The van der Waals surface area contributed by atoms with Gasteiger partial charge in [0.05, 0.1) is 0 Å². The number of guanidine groups is 1. The summed E-state index contributed by atoms with van der Waals surface area (Å²) in [4.78, 5) is 21.8. The van der Waals surface area contributed by atoms with E-state index in [0.29, 0.717) is 0 Å². The number of nitrogens with two attached hydrogens (primary N) is 1. The first kappa shape index (κ1) is 12.3. The molecule has 2 heterocycles. The zero-order valence-electron chi connectivity index (χ0n) is 11.0. The van der Waals surface area contributed by atoms with Crippen molar-refractivity contribution >= 4 is 11.9 Å². The highest BCUT2D eigenvalue weighted by molar-refractivity contribution is 6.04. The first-order chi connectivity index (χ1) is 9.66. The molecule has 2 N–H and O–H groups in total. The second-order valence-electron chi connectivity index (χ2n) is 4.65. The standard InChI is InChI=1S/C15H14N4O/c1-19-14(20)13(18-15(19)16)11-5-2-4-10(8-11)12-6-3-7-17-9-12/h2-9,13H,1H3,(H2,16,18). The number of carbonyl (C=O) groups is 1. The average molecular weight is 266 g/mol. The summed E-state index contributed by atoms with van der Waals surface area (Å²) >= 11 is 0. The Labute approximate surface area is 116 Å². The Balaban J connectivity index is 1.99. The lowest BCUT2D eigenvalue weighted by atomic mass is 10.0. The molecule has 20 heavy (non-hydrogen) atoms. The van der Waals surface area contributed by atoms with Crippen molar-refractivity contribution in [2.45, 2.75) is 6.04 Å². The SMILES string of the molecule is CN1C(=O)C(c2cccc(-c3cccnc3)c2)N=C1N. The Morgan fingerprint density at radius 2 is 2.00 bits per heavy atom. The number of hydrogen-bond acceptors (Lipinski definition) is 4. The number of amides is 1. The van der Waals surface area contributed by atoms with Gasteiger partial charge < -0.3 is 5.73 Å². The van der Waals surface area contributed by atoms with Crippen molar-refractivity contribution in [1.82, 2.24) is 9.88 Å². The molecule has 0 saturated carbocycles. The van der Waals surface area contributed by atoms with Gasteiger partial charge in [-0.1, -0.05) is 24.3 Å². The lowest BCUT2D eigenvalue weighted by Crippen LogP contribution is -2.34. The van der Waals surface area contributed by atoms with Crippen LogP contribution in [-0.4, -0.2) is 28.8 Å². The van der Waals surface area contributed by atoms with Gasteiger partial charge in [-0.25, -0.2) is 4.99 Å². The molecule has 0 saturated heterocycles. The van der Waals surface area contributed by atoms with E-state index in [1.165, 1.54) is 4.90 Å². The summed E-state index contributed by atoms with van der Waals surface area (Å²) in [6, 6.07) is 11.1. The summed E-state index contributed by atoms with van der Waals surface area (Å²) in [5.41, 5.74) is 8.54. The Hall–Kier alpha value is -2.69. The summed E-state index contributed by atoms with van der Waals surface area (Å²) in [5, 5.41) is 0. The van der Waals surface area contributed by atoms with E-state index in [9.17, 15) is 4.79 Å². The van der Waals surface area contributed by atoms with E-state index in [2.05, 4.69) is 9.98 Å². The Morgan fingerprint density at radius 1 is 1.20 bits per heavy atom. The number of benzene rings is 1. The molecule has 1 aromatic heterocycles. The molecular weight excluding hydrogens is 252 g/mol. The third-order valence-electron chi connectivity index (χ3n) is 3.37. The van der Waals surface area contributed by atoms with Crippen LogP contribution in [0.1, 0.15) is 11.6 Å². The molecule has 0 radical (unpaired) electrons. The van der Waals surface area contributed by atoms with Gasteiger partial charge in [-0.3, -0.25) is 14.7 Å². The van der Waals surface area contributed by atoms with Crippen LogP contribution in [0, 0.1) is 0 Å². The van der Waals surface area contributed by atoms with Crippen LogP contribution in [0.5, 0.6) is 0 Å². The van der Waals surface area contributed by atoms with E-state index in [-0.39, 0.29) is 11.9 Å². The number of hydrogen-bond donors (Lipinski definition) is 1. The third kappa shape index (κ3) is 2.03. The normalized spacial score (nSPS) is 18.2. The molecule has 5 heteroatoms. The van der Waals surface area contributed by atoms with Crippen molar-refractivity contribution in [2.75, 3.05) is 7.05 Å². The van der Waals surface area contributed by atoms with Crippen molar-refractivity contribution in [3.8, 4) is 11.1 Å². The number of carbonyl (C=O) groups excluding carboxylic acids is 1. The maximum absolute atomic E-state index is 12.1. The van der Waals surface area contributed by atoms with Gasteiger partial charge in [-0.2, -0.15) is 0 Å². The van der Waals surface area contributed by atoms with Crippen molar-refractivity contribution < 1.29 is 4.79 Å². The Kier molecular flexibility index (Phi) is 2.95. The van der Waals surface area contributed by atoms with E-state index >= 15 is 0 Å². The molecule has 0 bridgehead atoms. The van der Waals surface area contributed by atoms with E-state index in [4.69, 9.17) is 5.73 Å². The number of nitrogens with zero attached hydrogens (tertiary/aromatic N) is 3. The summed E-state index contributed by atoms with van der Waals surface area (Å²) in [5.74, 6) is 0.151. The number of rotatable bonds is 2. The molecule has 5 nitrogen and oxygen atoms in total. The molecular formula is C15H14N4O. The summed E-state index contributed by atoms with van der Waals surface area (Å²) < 4.78 is 0. The van der Waals surface area contributed by atoms with Gasteiger partial charge in [0.15, 0.2) is 12.0 Å². The van der Waals surface area contributed by atoms with Gasteiger partial charge in [-0.15, -0.1) is 0 Å². The van der Waals surface area contributed by atoms with E-state index in [1.807, 2.05) is 36.4 Å². The molecule has 0 aliphatic carbocycles. The molecule has 1 aliphatic rings. The van der Waals surface area contributed by atoms with Crippen molar-refractivity contribution in [3.05, 3.63) is 54.4 Å². The maximum Gasteiger partial charge on any atom is 0.258 e.